The number of rotatable bonds is 3. The largest absolute Gasteiger partial charge is 0.409 e. The molecule has 1 saturated heterocycles. The molecule has 0 saturated carbocycles. The summed E-state index contributed by atoms with van der Waals surface area (Å²) in [5, 5.41) is 16.9. The molecular formula is C12H15N5O3. The Hall–Kier alpha value is -2.64. The molecule has 0 aromatic carbocycles. The molecule has 1 fully saturated rings. The SMILES string of the molecule is NC(=NO)c1ccc(C(=O)NC2CCC(=O)NC2)nc1. The molecular weight excluding hydrogens is 262 g/mol. The lowest BCUT2D eigenvalue weighted by Crippen LogP contribution is -2.47. The number of nitrogens with one attached hydrogen (secondary N) is 2. The van der Waals surface area contributed by atoms with Gasteiger partial charge in [-0.25, -0.2) is 0 Å². The predicted molar refractivity (Wildman–Crippen MR) is 70.2 cm³/mol. The van der Waals surface area contributed by atoms with Crippen molar-refractivity contribution in [3.63, 3.8) is 0 Å². The Labute approximate surface area is 115 Å². The van der Waals surface area contributed by atoms with E-state index in [1.54, 1.807) is 6.07 Å². The first-order valence-electron chi connectivity index (χ1n) is 6.11. The third-order valence-electron chi connectivity index (χ3n) is 3.00. The second kappa shape index (κ2) is 6.00. The zero-order chi connectivity index (χ0) is 14.5. The first kappa shape index (κ1) is 13.8. The normalized spacial score (nSPS) is 19.3. The second-order valence-electron chi connectivity index (χ2n) is 4.43. The van der Waals surface area contributed by atoms with E-state index < -0.39 is 0 Å². The molecule has 1 atom stereocenters. The Balaban J connectivity index is 1.97. The van der Waals surface area contributed by atoms with Crippen molar-refractivity contribution in [1.82, 2.24) is 15.6 Å². The van der Waals surface area contributed by atoms with E-state index in [1.165, 1.54) is 12.3 Å². The summed E-state index contributed by atoms with van der Waals surface area (Å²) in [5.74, 6) is -0.395. The van der Waals surface area contributed by atoms with Gasteiger partial charge in [-0.05, 0) is 18.6 Å². The van der Waals surface area contributed by atoms with Gasteiger partial charge in [-0.15, -0.1) is 0 Å². The van der Waals surface area contributed by atoms with Crippen LogP contribution in [-0.2, 0) is 4.79 Å². The number of piperidine rings is 1. The zero-order valence-electron chi connectivity index (χ0n) is 10.7. The monoisotopic (exact) mass is 277 g/mol. The minimum atomic E-state index is -0.322. The number of carbonyl (C=O) groups is 2. The van der Waals surface area contributed by atoms with Crippen molar-refractivity contribution in [2.45, 2.75) is 18.9 Å². The second-order valence-corrected chi connectivity index (χ2v) is 4.43. The van der Waals surface area contributed by atoms with Crippen molar-refractivity contribution in [2.24, 2.45) is 10.9 Å². The van der Waals surface area contributed by atoms with Gasteiger partial charge in [0.1, 0.15) is 5.69 Å². The van der Waals surface area contributed by atoms with Gasteiger partial charge >= 0.3 is 0 Å². The van der Waals surface area contributed by atoms with Crippen LogP contribution in [0.15, 0.2) is 23.5 Å². The smallest absolute Gasteiger partial charge is 0.270 e. The zero-order valence-corrected chi connectivity index (χ0v) is 10.7. The Morgan fingerprint density at radius 3 is 2.90 bits per heavy atom. The molecule has 8 nitrogen and oxygen atoms in total. The van der Waals surface area contributed by atoms with Crippen LogP contribution in [0.5, 0.6) is 0 Å². The molecule has 1 aromatic rings. The highest BCUT2D eigenvalue weighted by Gasteiger charge is 2.20. The first-order valence-corrected chi connectivity index (χ1v) is 6.11. The van der Waals surface area contributed by atoms with Crippen LogP contribution in [0.3, 0.4) is 0 Å². The van der Waals surface area contributed by atoms with Crippen LogP contribution in [-0.4, -0.2) is 40.4 Å². The molecule has 20 heavy (non-hydrogen) atoms. The molecule has 0 spiro atoms. The number of aromatic nitrogens is 1. The molecule has 5 N–H and O–H groups in total. The van der Waals surface area contributed by atoms with Gasteiger partial charge in [-0.2, -0.15) is 0 Å². The van der Waals surface area contributed by atoms with E-state index in [1.807, 2.05) is 0 Å². The number of pyridine rings is 1. The average Bonchev–Trinajstić information content (AvgIpc) is 2.49. The summed E-state index contributed by atoms with van der Waals surface area (Å²) in [5.41, 5.74) is 6.06. The summed E-state index contributed by atoms with van der Waals surface area (Å²) in [6.07, 6.45) is 2.37. The van der Waals surface area contributed by atoms with E-state index in [-0.39, 0.29) is 29.4 Å². The molecule has 0 bridgehead atoms. The van der Waals surface area contributed by atoms with Gasteiger partial charge in [0.15, 0.2) is 5.84 Å². The van der Waals surface area contributed by atoms with E-state index in [9.17, 15) is 9.59 Å². The van der Waals surface area contributed by atoms with Crippen LogP contribution >= 0.6 is 0 Å². The predicted octanol–water partition coefficient (Wildman–Crippen LogP) is -0.816. The molecule has 2 amide bonds. The molecule has 106 valence electrons. The molecule has 1 aliphatic rings. The first-order chi connectivity index (χ1) is 9.60. The minimum absolute atomic E-state index is 0.00302. The van der Waals surface area contributed by atoms with Gasteiger partial charge in [0.25, 0.3) is 5.91 Å². The van der Waals surface area contributed by atoms with Gasteiger partial charge in [0.2, 0.25) is 5.91 Å². The van der Waals surface area contributed by atoms with Gasteiger partial charge in [0, 0.05) is 30.8 Å². The summed E-state index contributed by atoms with van der Waals surface area (Å²) >= 11 is 0. The van der Waals surface area contributed by atoms with Gasteiger partial charge in [0.05, 0.1) is 0 Å². The van der Waals surface area contributed by atoms with Crippen LogP contribution < -0.4 is 16.4 Å². The van der Waals surface area contributed by atoms with E-state index in [0.29, 0.717) is 24.9 Å². The lowest BCUT2D eigenvalue weighted by Gasteiger charge is -2.23. The van der Waals surface area contributed by atoms with Crippen molar-refractivity contribution >= 4 is 17.6 Å². The number of carbonyl (C=O) groups excluding carboxylic acids is 2. The summed E-state index contributed by atoms with van der Waals surface area (Å²) in [6.45, 7) is 0.423. The van der Waals surface area contributed by atoms with Crippen molar-refractivity contribution in [3.05, 3.63) is 29.6 Å². The van der Waals surface area contributed by atoms with E-state index in [0.717, 1.165) is 0 Å². The lowest BCUT2D eigenvalue weighted by atomic mass is 10.1. The fraction of sp³-hybridized carbons (Fsp3) is 0.333. The third kappa shape index (κ3) is 3.22. The number of amidine groups is 1. The standard InChI is InChI=1S/C12H15N5O3/c13-11(17-20)7-1-3-9(14-5-7)12(19)16-8-2-4-10(18)15-6-8/h1,3,5,8,20H,2,4,6H2,(H2,13,17)(H,15,18)(H,16,19). The van der Waals surface area contributed by atoms with Crippen LogP contribution in [0.25, 0.3) is 0 Å². The maximum Gasteiger partial charge on any atom is 0.270 e. The summed E-state index contributed by atoms with van der Waals surface area (Å²) in [6, 6.07) is 2.94. The minimum Gasteiger partial charge on any atom is -0.409 e. The summed E-state index contributed by atoms with van der Waals surface area (Å²) < 4.78 is 0. The van der Waals surface area contributed by atoms with Crippen molar-refractivity contribution in [3.8, 4) is 0 Å². The Bertz CT molecular complexity index is 531. The number of oxime groups is 1. The fourth-order valence-electron chi connectivity index (χ4n) is 1.85. The Kier molecular flexibility index (Phi) is 4.14. The highest BCUT2D eigenvalue weighted by Crippen LogP contribution is 2.05. The number of hydrogen-bond donors (Lipinski definition) is 4. The van der Waals surface area contributed by atoms with Crippen molar-refractivity contribution in [2.75, 3.05) is 6.54 Å². The van der Waals surface area contributed by atoms with Crippen molar-refractivity contribution < 1.29 is 14.8 Å². The third-order valence-corrected chi connectivity index (χ3v) is 3.00. The van der Waals surface area contributed by atoms with Crippen LogP contribution in [0, 0.1) is 0 Å². The van der Waals surface area contributed by atoms with Gasteiger partial charge in [-0.3, -0.25) is 14.6 Å². The average molecular weight is 277 g/mol. The van der Waals surface area contributed by atoms with Gasteiger partial charge in [-0.1, -0.05) is 5.16 Å². The van der Waals surface area contributed by atoms with E-state index in [4.69, 9.17) is 10.9 Å². The molecule has 1 aliphatic heterocycles. The maximum atomic E-state index is 11.9. The van der Waals surface area contributed by atoms with Crippen molar-refractivity contribution in [1.29, 1.82) is 0 Å². The van der Waals surface area contributed by atoms with Crippen LogP contribution in [0.1, 0.15) is 28.9 Å². The molecule has 2 rings (SSSR count). The van der Waals surface area contributed by atoms with E-state index in [2.05, 4.69) is 20.8 Å². The fourth-order valence-corrected chi connectivity index (χ4v) is 1.85. The Morgan fingerprint density at radius 2 is 2.35 bits per heavy atom. The number of nitrogens with zero attached hydrogens (tertiary/aromatic N) is 2. The topological polar surface area (TPSA) is 130 Å². The molecule has 1 unspecified atom stereocenters. The maximum absolute atomic E-state index is 11.9. The van der Waals surface area contributed by atoms with Crippen LogP contribution in [0.2, 0.25) is 0 Å². The van der Waals surface area contributed by atoms with Gasteiger partial charge < -0.3 is 21.6 Å². The highest BCUT2D eigenvalue weighted by molar-refractivity contribution is 5.98. The van der Waals surface area contributed by atoms with Crippen LogP contribution in [0.4, 0.5) is 0 Å². The quantitative estimate of drug-likeness (QED) is 0.248. The molecule has 2 heterocycles. The molecule has 0 aliphatic carbocycles. The lowest BCUT2D eigenvalue weighted by molar-refractivity contribution is -0.122. The number of hydrogen-bond acceptors (Lipinski definition) is 5. The summed E-state index contributed by atoms with van der Waals surface area (Å²) in [4.78, 5) is 26.9. The Morgan fingerprint density at radius 1 is 1.55 bits per heavy atom. The number of amides is 2. The van der Waals surface area contributed by atoms with E-state index >= 15 is 0 Å². The molecule has 0 radical (unpaired) electrons. The molecule has 8 heteroatoms. The molecule has 1 aromatic heterocycles. The summed E-state index contributed by atoms with van der Waals surface area (Å²) in [7, 11) is 0. The highest BCUT2D eigenvalue weighted by atomic mass is 16.4. The number of nitrogens with two attached hydrogens (primary N) is 1.